The van der Waals surface area contributed by atoms with Crippen LogP contribution in [0.1, 0.15) is 44.9 Å². The van der Waals surface area contributed by atoms with Crippen LogP contribution in [0.5, 0.6) is 0 Å². The number of Topliss-reactive ketones (excluding diaryl/α,β-unsaturated/α-hetero) is 2. The number of rotatable bonds is 1. The third kappa shape index (κ3) is 1.94. The highest BCUT2D eigenvalue weighted by atomic mass is 16.1. The summed E-state index contributed by atoms with van der Waals surface area (Å²) in [5, 5.41) is 0. The highest BCUT2D eigenvalue weighted by molar-refractivity contribution is 5.97. The Balaban J connectivity index is 2.09. The van der Waals surface area contributed by atoms with Gasteiger partial charge in [-0.05, 0) is 37.2 Å². The zero-order chi connectivity index (χ0) is 9.97. The van der Waals surface area contributed by atoms with E-state index in [9.17, 15) is 9.59 Å². The van der Waals surface area contributed by atoms with Crippen LogP contribution in [0.2, 0.25) is 0 Å². The van der Waals surface area contributed by atoms with Crippen LogP contribution in [-0.4, -0.2) is 11.6 Å². The molecule has 14 heavy (non-hydrogen) atoms. The van der Waals surface area contributed by atoms with Crippen molar-refractivity contribution in [1.29, 1.82) is 0 Å². The number of hydrogen-bond donors (Lipinski definition) is 0. The fourth-order valence-corrected chi connectivity index (χ4v) is 2.46. The number of allylic oxidation sites excluding steroid dienone is 2. The molecule has 76 valence electrons. The summed E-state index contributed by atoms with van der Waals surface area (Å²) in [5.41, 5.74) is 0.962. The minimum atomic E-state index is 0.254. The van der Waals surface area contributed by atoms with Crippen LogP contribution in [0.15, 0.2) is 11.6 Å². The van der Waals surface area contributed by atoms with Gasteiger partial charge in [0.05, 0.1) is 0 Å². The van der Waals surface area contributed by atoms with Gasteiger partial charge in [0.1, 0.15) is 5.78 Å². The average molecular weight is 192 g/mol. The van der Waals surface area contributed by atoms with Crippen molar-refractivity contribution in [3.05, 3.63) is 11.6 Å². The summed E-state index contributed by atoms with van der Waals surface area (Å²) in [4.78, 5) is 22.9. The molecule has 0 radical (unpaired) electrons. The number of ketones is 2. The molecule has 2 aliphatic carbocycles. The lowest BCUT2D eigenvalue weighted by Gasteiger charge is -2.24. The van der Waals surface area contributed by atoms with E-state index in [0.29, 0.717) is 18.6 Å². The summed E-state index contributed by atoms with van der Waals surface area (Å²) >= 11 is 0. The van der Waals surface area contributed by atoms with Gasteiger partial charge >= 0.3 is 0 Å². The molecule has 2 rings (SSSR count). The van der Waals surface area contributed by atoms with E-state index in [1.807, 2.05) is 0 Å². The summed E-state index contributed by atoms with van der Waals surface area (Å²) in [7, 11) is 0. The van der Waals surface area contributed by atoms with Gasteiger partial charge in [-0.3, -0.25) is 9.59 Å². The summed E-state index contributed by atoms with van der Waals surface area (Å²) in [5.74, 6) is 0.875. The summed E-state index contributed by atoms with van der Waals surface area (Å²) in [6, 6.07) is 0. The molecule has 0 aromatic carbocycles. The van der Waals surface area contributed by atoms with Crippen molar-refractivity contribution < 1.29 is 9.59 Å². The van der Waals surface area contributed by atoms with E-state index in [0.717, 1.165) is 37.7 Å². The number of hydrogen-bond acceptors (Lipinski definition) is 2. The van der Waals surface area contributed by atoms with Crippen molar-refractivity contribution in [1.82, 2.24) is 0 Å². The molecule has 0 aliphatic heterocycles. The molecular weight excluding hydrogens is 176 g/mol. The lowest BCUT2D eigenvalue weighted by molar-refractivity contribution is -0.121. The maximum atomic E-state index is 11.6. The molecule has 1 saturated carbocycles. The summed E-state index contributed by atoms with van der Waals surface area (Å²) < 4.78 is 0. The minimum Gasteiger partial charge on any atom is -0.300 e. The van der Waals surface area contributed by atoms with Gasteiger partial charge in [0.25, 0.3) is 0 Å². The molecule has 0 bridgehead atoms. The monoisotopic (exact) mass is 192 g/mol. The van der Waals surface area contributed by atoms with Crippen molar-refractivity contribution in [2.24, 2.45) is 5.92 Å². The normalized spacial score (nSPS) is 28.9. The van der Waals surface area contributed by atoms with Crippen molar-refractivity contribution in [3.63, 3.8) is 0 Å². The average Bonchev–Trinajstić information content (AvgIpc) is 2.18. The van der Waals surface area contributed by atoms with Crippen LogP contribution in [0.3, 0.4) is 0 Å². The maximum Gasteiger partial charge on any atom is 0.158 e. The Morgan fingerprint density at radius 3 is 2.71 bits per heavy atom. The first-order chi connectivity index (χ1) is 6.77. The van der Waals surface area contributed by atoms with E-state index in [1.54, 1.807) is 0 Å². The molecule has 2 heteroatoms. The van der Waals surface area contributed by atoms with Gasteiger partial charge in [-0.15, -0.1) is 0 Å². The topological polar surface area (TPSA) is 34.1 Å². The van der Waals surface area contributed by atoms with E-state index in [4.69, 9.17) is 0 Å². The predicted octanol–water partition coefficient (Wildman–Crippen LogP) is 2.43. The maximum absolute atomic E-state index is 11.6. The number of carbonyl (C=O) groups excluding carboxylic acids is 2. The van der Waals surface area contributed by atoms with Crippen LogP contribution in [0.25, 0.3) is 0 Å². The van der Waals surface area contributed by atoms with E-state index in [2.05, 4.69) is 6.08 Å². The third-order valence-electron chi connectivity index (χ3n) is 3.22. The van der Waals surface area contributed by atoms with Gasteiger partial charge < -0.3 is 0 Å². The second kappa shape index (κ2) is 4.07. The third-order valence-corrected chi connectivity index (χ3v) is 3.22. The van der Waals surface area contributed by atoms with Gasteiger partial charge in [-0.2, -0.15) is 0 Å². The van der Waals surface area contributed by atoms with E-state index < -0.39 is 0 Å². The van der Waals surface area contributed by atoms with Gasteiger partial charge in [0.2, 0.25) is 0 Å². The molecule has 1 atom stereocenters. The Kier molecular flexibility index (Phi) is 2.80. The van der Waals surface area contributed by atoms with Crippen molar-refractivity contribution in [3.8, 4) is 0 Å². The van der Waals surface area contributed by atoms with Gasteiger partial charge in [-0.25, -0.2) is 0 Å². The summed E-state index contributed by atoms with van der Waals surface area (Å²) in [6.45, 7) is 0. The largest absolute Gasteiger partial charge is 0.300 e. The predicted molar refractivity (Wildman–Crippen MR) is 53.9 cm³/mol. The standard InChI is InChI=1S/C12H16O2/c13-10-5-3-4-9(8-10)11-6-1-2-7-12(11)14/h6,9H,1-5,7-8H2/t9-/m0/s1. The van der Waals surface area contributed by atoms with Crippen molar-refractivity contribution >= 4 is 11.6 Å². The second-order valence-corrected chi connectivity index (χ2v) is 4.31. The molecule has 0 aromatic rings. The van der Waals surface area contributed by atoms with Crippen molar-refractivity contribution in [2.75, 3.05) is 0 Å². The zero-order valence-corrected chi connectivity index (χ0v) is 8.42. The van der Waals surface area contributed by atoms with Gasteiger partial charge in [0, 0.05) is 19.3 Å². The van der Waals surface area contributed by atoms with E-state index in [1.165, 1.54) is 0 Å². The Bertz CT molecular complexity index is 289. The van der Waals surface area contributed by atoms with E-state index >= 15 is 0 Å². The van der Waals surface area contributed by atoms with Crippen LogP contribution >= 0.6 is 0 Å². The molecule has 0 spiro atoms. The van der Waals surface area contributed by atoms with Gasteiger partial charge in [-0.1, -0.05) is 6.08 Å². The first-order valence-corrected chi connectivity index (χ1v) is 5.52. The Hall–Kier alpha value is -0.920. The summed E-state index contributed by atoms with van der Waals surface area (Å²) in [6.07, 6.45) is 8.09. The molecule has 0 aromatic heterocycles. The molecule has 1 fully saturated rings. The SMILES string of the molecule is O=C1CCC[C@H](C2=CCCCC2=O)C1. The molecule has 0 saturated heterocycles. The Morgan fingerprint density at radius 2 is 2.00 bits per heavy atom. The first kappa shape index (κ1) is 9.63. The molecule has 0 unspecified atom stereocenters. The quantitative estimate of drug-likeness (QED) is 0.639. The Labute approximate surface area is 84.4 Å². The highest BCUT2D eigenvalue weighted by Crippen LogP contribution is 2.31. The second-order valence-electron chi connectivity index (χ2n) is 4.31. The Morgan fingerprint density at radius 1 is 1.14 bits per heavy atom. The molecule has 0 heterocycles. The van der Waals surface area contributed by atoms with E-state index in [-0.39, 0.29) is 11.7 Å². The minimum absolute atomic E-state index is 0.254. The number of carbonyl (C=O) groups is 2. The van der Waals surface area contributed by atoms with Crippen LogP contribution in [-0.2, 0) is 9.59 Å². The molecule has 0 amide bonds. The van der Waals surface area contributed by atoms with Crippen molar-refractivity contribution in [2.45, 2.75) is 44.9 Å². The lowest BCUT2D eigenvalue weighted by atomic mass is 9.79. The van der Waals surface area contributed by atoms with Crippen LogP contribution < -0.4 is 0 Å². The molecule has 2 nitrogen and oxygen atoms in total. The van der Waals surface area contributed by atoms with Gasteiger partial charge in [0.15, 0.2) is 5.78 Å². The molecule has 0 N–H and O–H groups in total. The zero-order valence-electron chi connectivity index (χ0n) is 8.42. The molecular formula is C12H16O2. The fourth-order valence-electron chi connectivity index (χ4n) is 2.46. The highest BCUT2D eigenvalue weighted by Gasteiger charge is 2.27. The smallest absolute Gasteiger partial charge is 0.158 e. The van der Waals surface area contributed by atoms with Crippen LogP contribution in [0, 0.1) is 5.92 Å². The molecule has 2 aliphatic rings. The fraction of sp³-hybridized carbons (Fsp3) is 0.667. The lowest BCUT2D eigenvalue weighted by Crippen LogP contribution is -2.22. The van der Waals surface area contributed by atoms with Crippen LogP contribution in [0.4, 0.5) is 0 Å². The first-order valence-electron chi connectivity index (χ1n) is 5.52.